The molecular weight excluding hydrogens is 338 g/mol. The van der Waals surface area contributed by atoms with Crippen molar-refractivity contribution in [2.75, 3.05) is 6.61 Å². The molecule has 0 saturated heterocycles. The van der Waals surface area contributed by atoms with E-state index in [0.717, 1.165) is 50.3 Å². The average Bonchev–Trinajstić information content (AvgIpc) is 2.76. The summed E-state index contributed by atoms with van der Waals surface area (Å²) < 4.78 is 5.69. The van der Waals surface area contributed by atoms with Crippen molar-refractivity contribution in [3.63, 3.8) is 0 Å². The third-order valence-electron chi connectivity index (χ3n) is 4.21. The van der Waals surface area contributed by atoms with Gasteiger partial charge in [-0.15, -0.1) is 0 Å². The highest BCUT2D eigenvalue weighted by atomic mass is 16.5. The molecule has 0 unspecified atom stereocenters. The fourth-order valence-corrected chi connectivity index (χ4v) is 2.90. The Morgan fingerprint density at radius 2 is 1.81 bits per heavy atom. The molecule has 1 aliphatic rings. The van der Waals surface area contributed by atoms with Crippen LogP contribution in [-0.4, -0.2) is 22.9 Å². The Morgan fingerprint density at radius 3 is 2.52 bits per heavy atom. The van der Waals surface area contributed by atoms with Gasteiger partial charge in [-0.05, 0) is 54.3 Å². The summed E-state index contributed by atoms with van der Waals surface area (Å²) in [4.78, 5) is 18.0. The number of fused-ring (bicyclic) bond motifs is 1. The normalized spacial score (nSPS) is 12.1. The van der Waals surface area contributed by atoms with E-state index in [1.165, 1.54) is 11.1 Å². The molecule has 0 amide bonds. The van der Waals surface area contributed by atoms with Gasteiger partial charge in [0.15, 0.2) is 6.29 Å². The first-order valence-electron chi connectivity index (χ1n) is 9.07. The van der Waals surface area contributed by atoms with Gasteiger partial charge in [0.2, 0.25) is 0 Å². The zero-order valence-corrected chi connectivity index (χ0v) is 15.2. The molecule has 0 fully saturated rings. The highest BCUT2D eigenvalue weighted by Gasteiger charge is 2.13. The van der Waals surface area contributed by atoms with Crippen LogP contribution in [0.2, 0.25) is 0 Å². The number of carbonyl (C=O) groups excluding carboxylic acids is 1. The fourth-order valence-electron chi connectivity index (χ4n) is 2.90. The highest BCUT2D eigenvalue weighted by molar-refractivity contribution is 5.71. The second-order valence-electron chi connectivity index (χ2n) is 6.14. The van der Waals surface area contributed by atoms with Crippen LogP contribution in [0.1, 0.15) is 33.7 Å². The van der Waals surface area contributed by atoms with E-state index in [4.69, 9.17) is 4.74 Å². The van der Waals surface area contributed by atoms with Crippen LogP contribution in [0.3, 0.4) is 0 Å². The van der Waals surface area contributed by atoms with Crippen LogP contribution in [0.25, 0.3) is 0 Å². The molecule has 3 heterocycles. The van der Waals surface area contributed by atoms with Crippen molar-refractivity contribution >= 4 is 6.29 Å². The summed E-state index contributed by atoms with van der Waals surface area (Å²) in [7, 11) is 0. The molecule has 5 nitrogen and oxygen atoms in total. The van der Waals surface area contributed by atoms with Gasteiger partial charge in [0.05, 0.1) is 12.3 Å². The Bertz CT molecular complexity index is 839. The van der Waals surface area contributed by atoms with Gasteiger partial charge in [0, 0.05) is 25.5 Å². The SMILES string of the molecule is O=Cc1ccccn1.c1ccc(CNCc2cccc3c2CCCO3)nc1. The monoisotopic (exact) mass is 361 g/mol. The number of hydrogen-bond acceptors (Lipinski definition) is 5. The van der Waals surface area contributed by atoms with Gasteiger partial charge >= 0.3 is 0 Å². The van der Waals surface area contributed by atoms with E-state index in [1.807, 2.05) is 24.4 Å². The maximum atomic E-state index is 9.94. The van der Waals surface area contributed by atoms with Gasteiger partial charge in [-0.3, -0.25) is 14.8 Å². The first kappa shape index (κ1) is 18.7. The molecule has 0 aliphatic carbocycles. The van der Waals surface area contributed by atoms with Crippen molar-refractivity contribution in [3.05, 3.63) is 89.5 Å². The molecule has 4 rings (SSSR count). The number of aromatic nitrogens is 2. The highest BCUT2D eigenvalue weighted by Crippen LogP contribution is 2.27. The van der Waals surface area contributed by atoms with E-state index in [2.05, 4.69) is 33.5 Å². The van der Waals surface area contributed by atoms with Crippen molar-refractivity contribution < 1.29 is 9.53 Å². The number of ether oxygens (including phenoxy) is 1. The van der Waals surface area contributed by atoms with Gasteiger partial charge in [-0.1, -0.05) is 24.3 Å². The smallest absolute Gasteiger partial charge is 0.168 e. The molecule has 1 aromatic carbocycles. The molecule has 1 aliphatic heterocycles. The van der Waals surface area contributed by atoms with Crippen LogP contribution in [0, 0.1) is 0 Å². The van der Waals surface area contributed by atoms with Crippen LogP contribution < -0.4 is 10.1 Å². The van der Waals surface area contributed by atoms with Crippen LogP contribution in [0.15, 0.2) is 67.0 Å². The number of aldehydes is 1. The number of hydrogen-bond donors (Lipinski definition) is 1. The molecule has 0 atom stereocenters. The number of nitrogens with one attached hydrogen (secondary N) is 1. The van der Waals surface area contributed by atoms with E-state index in [-0.39, 0.29) is 0 Å². The predicted octanol–water partition coefficient (Wildman–Crippen LogP) is 3.59. The van der Waals surface area contributed by atoms with E-state index in [0.29, 0.717) is 5.69 Å². The lowest BCUT2D eigenvalue weighted by molar-refractivity contribution is 0.111. The fraction of sp³-hybridized carbons (Fsp3) is 0.227. The van der Waals surface area contributed by atoms with Crippen LogP contribution in [0.5, 0.6) is 5.75 Å². The molecule has 2 aromatic heterocycles. The van der Waals surface area contributed by atoms with E-state index in [1.54, 1.807) is 24.4 Å². The number of nitrogens with zero attached hydrogens (tertiary/aromatic N) is 2. The first-order chi connectivity index (χ1) is 13.4. The molecular formula is C22H23N3O2. The minimum atomic E-state index is 0.479. The van der Waals surface area contributed by atoms with Crippen molar-refractivity contribution in [2.45, 2.75) is 25.9 Å². The maximum absolute atomic E-state index is 9.94. The molecule has 0 saturated carbocycles. The van der Waals surface area contributed by atoms with E-state index < -0.39 is 0 Å². The van der Waals surface area contributed by atoms with Crippen LogP contribution in [-0.2, 0) is 19.5 Å². The third kappa shape index (κ3) is 5.72. The van der Waals surface area contributed by atoms with Crippen molar-refractivity contribution in [1.29, 1.82) is 0 Å². The lowest BCUT2D eigenvalue weighted by atomic mass is 10.00. The minimum absolute atomic E-state index is 0.479. The van der Waals surface area contributed by atoms with Crippen molar-refractivity contribution in [3.8, 4) is 5.75 Å². The summed E-state index contributed by atoms with van der Waals surface area (Å²) in [6, 6.07) is 17.5. The van der Waals surface area contributed by atoms with Crippen LogP contribution >= 0.6 is 0 Å². The maximum Gasteiger partial charge on any atom is 0.168 e. The Labute approximate surface area is 159 Å². The second-order valence-corrected chi connectivity index (χ2v) is 6.14. The zero-order valence-electron chi connectivity index (χ0n) is 15.2. The van der Waals surface area contributed by atoms with E-state index in [9.17, 15) is 4.79 Å². The van der Waals surface area contributed by atoms with Crippen molar-refractivity contribution in [2.24, 2.45) is 0 Å². The molecule has 5 heteroatoms. The standard InChI is InChI=1S/C16H18N2O.C6H5NO/c1-2-9-18-14(6-1)12-17-11-13-5-3-8-16-15(13)7-4-10-19-16;8-5-6-3-1-2-4-7-6/h1-3,5-6,8-9,17H,4,7,10-12H2;1-5H. The average molecular weight is 361 g/mol. The van der Waals surface area contributed by atoms with Gasteiger partial charge in [-0.25, -0.2) is 0 Å². The Morgan fingerprint density at radius 1 is 0.963 bits per heavy atom. The summed E-state index contributed by atoms with van der Waals surface area (Å²) in [6.45, 7) is 2.51. The zero-order chi connectivity index (χ0) is 18.7. The summed E-state index contributed by atoms with van der Waals surface area (Å²) in [5.41, 5.74) is 4.26. The Hall–Kier alpha value is -3.05. The van der Waals surface area contributed by atoms with E-state index >= 15 is 0 Å². The molecule has 0 spiro atoms. The minimum Gasteiger partial charge on any atom is -0.493 e. The molecule has 3 aromatic rings. The number of carbonyl (C=O) groups is 1. The quantitative estimate of drug-likeness (QED) is 0.704. The van der Waals surface area contributed by atoms with Gasteiger partial charge in [-0.2, -0.15) is 0 Å². The van der Waals surface area contributed by atoms with Crippen molar-refractivity contribution in [1.82, 2.24) is 15.3 Å². The molecule has 1 N–H and O–H groups in total. The summed E-state index contributed by atoms with van der Waals surface area (Å²) in [5.74, 6) is 1.06. The predicted molar refractivity (Wildman–Crippen MR) is 105 cm³/mol. The molecule has 138 valence electrons. The first-order valence-corrected chi connectivity index (χ1v) is 9.07. The number of benzene rings is 1. The van der Waals surface area contributed by atoms with Crippen LogP contribution in [0.4, 0.5) is 0 Å². The third-order valence-corrected chi connectivity index (χ3v) is 4.21. The Kier molecular flexibility index (Phi) is 7.07. The summed E-state index contributed by atoms with van der Waals surface area (Å²) in [6.07, 6.45) is 6.37. The topological polar surface area (TPSA) is 64.1 Å². The largest absolute Gasteiger partial charge is 0.493 e. The van der Waals surface area contributed by atoms with Gasteiger partial charge in [0.25, 0.3) is 0 Å². The molecule has 0 bridgehead atoms. The lowest BCUT2D eigenvalue weighted by Gasteiger charge is -2.20. The molecule has 0 radical (unpaired) electrons. The number of rotatable bonds is 5. The molecule has 27 heavy (non-hydrogen) atoms. The Balaban J connectivity index is 0.000000221. The van der Waals surface area contributed by atoms with Gasteiger partial charge < -0.3 is 10.1 Å². The van der Waals surface area contributed by atoms with Gasteiger partial charge in [0.1, 0.15) is 11.4 Å². The number of pyridine rings is 2. The summed E-state index contributed by atoms with van der Waals surface area (Å²) in [5, 5.41) is 3.45. The second kappa shape index (κ2) is 10.2. The summed E-state index contributed by atoms with van der Waals surface area (Å²) >= 11 is 0. The lowest BCUT2D eigenvalue weighted by Crippen LogP contribution is -2.17.